The van der Waals surface area contributed by atoms with E-state index in [4.69, 9.17) is 4.74 Å². The van der Waals surface area contributed by atoms with Gasteiger partial charge in [-0.2, -0.15) is 0 Å². The Kier molecular flexibility index (Phi) is 6.98. The predicted molar refractivity (Wildman–Crippen MR) is 111 cm³/mol. The zero-order valence-corrected chi connectivity index (χ0v) is 18.4. The number of amides is 3. The minimum atomic E-state index is -0.490. The van der Waals surface area contributed by atoms with Crippen molar-refractivity contribution in [1.29, 1.82) is 0 Å². The molecular formula is C23H34N2O5. The lowest BCUT2D eigenvalue weighted by Gasteiger charge is -2.30. The Labute approximate surface area is 178 Å². The Balaban J connectivity index is 1.35. The number of ether oxygens (including phenoxy) is 1. The molecule has 1 aliphatic carbocycles. The molecule has 0 spiro atoms. The van der Waals surface area contributed by atoms with Crippen molar-refractivity contribution in [2.75, 3.05) is 19.6 Å². The van der Waals surface area contributed by atoms with Gasteiger partial charge in [0.05, 0.1) is 0 Å². The quantitative estimate of drug-likeness (QED) is 0.618. The molecule has 0 aromatic heterocycles. The summed E-state index contributed by atoms with van der Waals surface area (Å²) in [4.78, 5) is 51.3. The van der Waals surface area contributed by atoms with Crippen molar-refractivity contribution in [1.82, 2.24) is 9.80 Å². The number of ketones is 1. The maximum Gasteiger partial charge on any atom is 0.410 e. The predicted octanol–water partition coefficient (Wildman–Crippen LogP) is 3.32. The van der Waals surface area contributed by atoms with Crippen LogP contribution in [0, 0.1) is 17.8 Å². The molecule has 3 amide bonds. The number of carbonyl (C=O) groups excluding carboxylic acids is 4. The lowest BCUT2D eigenvalue weighted by Crippen LogP contribution is -2.36. The molecule has 0 aromatic carbocycles. The largest absolute Gasteiger partial charge is 0.444 e. The highest BCUT2D eigenvalue weighted by atomic mass is 16.6. The molecule has 3 aliphatic rings. The molecule has 7 heteroatoms. The van der Waals surface area contributed by atoms with Crippen molar-refractivity contribution in [3.05, 3.63) is 12.2 Å². The normalized spacial score (nSPS) is 27.1. The van der Waals surface area contributed by atoms with Gasteiger partial charge in [-0.15, -0.1) is 0 Å². The van der Waals surface area contributed by atoms with E-state index in [1.165, 1.54) is 17.1 Å². The summed E-state index contributed by atoms with van der Waals surface area (Å²) in [6.07, 6.45) is 8.12. The molecule has 7 nitrogen and oxygen atoms in total. The summed E-state index contributed by atoms with van der Waals surface area (Å²) in [6, 6.07) is 0. The second-order valence-corrected chi connectivity index (χ2v) is 9.92. The van der Waals surface area contributed by atoms with Gasteiger partial charge in [0.2, 0.25) is 0 Å². The maximum absolute atomic E-state index is 12.7. The summed E-state index contributed by atoms with van der Waals surface area (Å²) in [7, 11) is 0. The van der Waals surface area contributed by atoms with Gasteiger partial charge in [0.25, 0.3) is 11.8 Å². The number of imide groups is 1. The first-order chi connectivity index (χ1) is 14.1. The van der Waals surface area contributed by atoms with Gasteiger partial charge in [-0.1, -0.05) is 0 Å². The van der Waals surface area contributed by atoms with E-state index in [1.807, 2.05) is 20.8 Å². The standard InChI is InChI=1S/C23H34N2O5/c1-23(2,3)30-22(29)24-13-12-17(14-24)6-9-19(26)18-7-4-16(5-8-18)15-25-20(27)10-11-21(25)28/h10-11,16-18H,4-9,12-15H2,1-3H3/t16?,17-,18?/m1/s1. The van der Waals surface area contributed by atoms with E-state index in [2.05, 4.69) is 0 Å². The molecule has 2 aliphatic heterocycles. The molecule has 0 aromatic rings. The minimum absolute atomic E-state index is 0.0905. The van der Waals surface area contributed by atoms with Crippen LogP contribution in [0.2, 0.25) is 0 Å². The Bertz CT molecular complexity index is 698. The van der Waals surface area contributed by atoms with Gasteiger partial charge in [-0.05, 0) is 71.1 Å². The topological polar surface area (TPSA) is 84.0 Å². The second-order valence-electron chi connectivity index (χ2n) is 9.92. The number of likely N-dealkylation sites (tertiary alicyclic amines) is 1. The number of carbonyl (C=O) groups is 4. The molecule has 2 heterocycles. The van der Waals surface area contributed by atoms with Crippen LogP contribution >= 0.6 is 0 Å². The molecule has 0 bridgehead atoms. The first-order valence-corrected chi connectivity index (χ1v) is 11.2. The summed E-state index contributed by atoms with van der Waals surface area (Å²) in [5.41, 5.74) is -0.490. The van der Waals surface area contributed by atoms with Gasteiger partial charge in [-0.25, -0.2) is 4.79 Å². The lowest BCUT2D eigenvalue weighted by molar-refractivity contribution is -0.138. The Hall–Kier alpha value is -2.18. The third kappa shape index (κ3) is 5.92. The molecule has 1 atom stereocenters. The maximum atomic E-state index is 12.7. The number of hydrogen-bond donors (Lipinski definition) is 0. The van der Waals surface area contributed by atoms with E-state index in [9.17, 15) is 19.2 Å². The van der Waals surface area contributed by atoms with Crippen LogP contribution in [-0.4, -0.2) is 58.7 Å². The molecule has 0 radical (unpaired) electrons. The molecule has 166 valence electrons. The van der Waals surface area contributed by atoms with Crippen molar-refractivity contribution >= 4 is 23.7 Å². The number of Topliss-reactive ketones (excluding diaryl/α,β-unsaturated/α-hetero) is 1. The Morgan fingerprint density at radius 3 is 2.23 bits per heavy atom. The smallest absolute Gasteiger partial charge is 0.410 e. The molecular weight excluding hydrogens is 384 g/mol. The lowest BCUT2D eigenvalue weighted by atomic mass is 9.78. The van der Waals surface area contributed by atoms with Gasteiger partial charge in [0.15, 0.2) is 0 Å². The molecule has 30 heavy (non-hydrogen) atoms. The van der Waals surface area contributed by atoms with Crippen LogP contribution in [0.15, 0.2) is 12.2 Å². The molecule has 0 unspecified atom stereocenters. The molecule has 1 saturated carbocycles. The van der Waals surface area contributed by atoms with Crippen LogP contribution in [0.5, 0.6) is 0 Å². The van der Waals surface area contributed by atoms with Crippen molar-refractivity contribution in [2.24, 2.45) is 17.8 Å². The SMILES string of the molecule is CC(C)(C)OC(=O)N1CC[C@@H](CCC(=O)C2CCC(CN3C(=O)C=CC3=O)CC2)C1. The van der Waals surface area contributed by atoms with Gasteiger partial charge >= 0.3 is 6.09 Å². The van der Waals surface area contributed by atoms with E-state index < -0.39 is 5.60 Å². The summed E-state index contributed by atoms with van der Waals surface area (Å²) < 4.78 is 5.43. The fourth-order valence-electron chi connectivity index (χ4n) is 4.65. The van der Waals surface area contributed by atoms with Crippen LogP contribution < -0.4 is 0 Å². The van der Waals surface area contributed by atoms with Crippen LogP contribution in [0.1, 0.15) is 65.7 Å². The van der Waals surface area contributed by atoms with Gasteiger partial charge in [-0.3, -0.25) is 19.3 Å². The first kappa shape index (κ1) is 22.5. The Morgan fingerprint density at radius 1 is 1.00 bits per heavy atom. The molecule has 2 fully saturated rings. The summed E-state index contributed by atoms with van der Waals surface area (Å²) in [6.45, 7) is 7.42. The summed E-state index contributed by atoms with van der Waals surface area (Å²) in [5.74, 6) is 0.605. The van der Waals surface area contributed by atoms with E-state index in [1.54, 1.807) is 4.90 Å². The number of rotatable bonds is 6. The number of hydrogen-bond acceptors (Lipinski definition) is 5. The van der Waals surface area contributed by atoms with Crippen LogP contribution in [0.25, 0.3) is 0 Å². The average Bonchev–Trinajstić information content (AvgIpc) is 3.28. The molecule has 3 rings (SSSR count). The van der Waals surface area contributed by atoms with Gasteiger partial charge < -0.3 is 9.64 Å². The van der Waals surface area contributed by atoms with Crippen molar-refractivity contribution in [2.45, 2.75) is 71.3 Å². The monoisotopic (exact) mass is 418 g/mol. The van der Waals surface area contributed by atoms with E-state index in [0.717, 1.165) is 38.5 Å². The van der Waals surface area contributed by atoms with E-state index in [0.29, 0.717) is 43.7 Å². The van der Waals surface area contributed by atoms with Crippen LogP contribution in [-0.2, 0) is 19.1 Å². The fourth-order valence-corrected chi connectivity index (χ4v) is 4.65. The minimum Gasteiger partial charge on any atom is -0.444 e. The van der Waals surface area contributed by atoms with Crippen molar-refractivity contribution < 1.29 is 23.9 Å². The fraction of sp³-hybridized carbons (Fsp3) is 0.739. The average molecular weight is 419 g/mol. The highest BCUT2D eigenvalue weighted by molar-refractivity contribution is 6.12. The third-order valence-electron chi connectivity index (χ3n) is 6.38. The van der Waals surface area contributed by atoms with E-state index >= 15 is 0 Å². The zero-order valence-electron chi connectivity index (χ0n) is 18.4. The molecule has 0 N–H and O–H groups in total. The van der Waals surface area contributed by atoms with Crippen molar-refractivity contribution in [3.8, 4) is 0 Å². The van der Waals surface area contributed by atoms with E-state index in [-0.39, 0.29) is 23.8 Å². The Morgan fingerprint density at radius 2 is 1.63 bits per heavy atom. The number of nitrogens with zero attached hydrogens (tertiary/aromatic N) is 2. The molecule has 1 saturated heterocycles. The van der Waals surface area contributed by atoms with Gasteiger partial charge in [0, 0.05) is 44.1 Å². The first-order valence-electron chi connectivity index (χ1n) is 11.2. The third-order valence-corrected chi connectivity index (χ3v) is 6.38. The van der Waals surface area contributed by atoms with Crippen LogP contribution in [0.4, 0.5) is 4.79 Å². The van der Waals surface area contributed by atoms with Gasteiger partial charge in [0.1, 0.15) is 11.4 Å². The summed E-state index contributed by atoms with van der Waals surface area (Å²) in [5, 5.41) is 0. The summed E-state index contributed by atoms with van der Waals surface area (Å²) >= 11 is 0. The van der Waals surface area contributed by atoms with Crippen LogP contribution in [0.3, 0.4) is 0 Å². The second kappa shape index (κ2) is 9.31. The zero-order chi connectivity index (χ0) is 21.9. The highest BCUT2D eigenvalue weighted by Crippen LogP contribution is 2.32. The highest BCUT2D eigenvalue weighted by Gasteiger charge is 2.33. The van der Waals surface area contributed by atoms with Crippen molar-refractivity contribution in [3.63, 3.8) is 0 Å².